The Morgan fingerprint density at radius 2 is 2.11 bits per heavy atom. The van der Waals surface area contributed by atoms with Gasteiger partial charge in [0.1, 0.15) is 11.3 Å². The minimum Gasteiger partial charge on any atom is -0.453 e. The van der Waals surface area contributed by atoms with E-state index in [1.807, 2.05) is 6.92 Å². The zero-order valence-electron chi connectivity index (χ0n) is 10.5. The molecule has 1 aromatic carbocycles. The molecule has 3 aromatic rings. The number of furan rings is 1. The van der Waals surface area contributed by atoms with E-state index in [1.54, 1.807) is 42.1 Å². The molecular formula is C14H11ClN2O2. The summed E-state index contributed by atoms with van der Waals surface area (Å²) in [6.07, 6.45) is 0. The fourth-order valence-corrected chi connectivity index (χ4v) is 2.26. The number of benzene rings is 1. The summed E-state index contributed by atoms with van der Waals surface area (Å²) in [6.45, 7) is 1.84. The van der Waals surface area contributed by atoms with E-state index in [4.69, 9.17) is 16.0 Å². The van der Waals surface area contributed by atoms with Crippen molar-refractivity contribution in [2.45, 2.75) is 6.92 Å². The van der Waals surface area contributed by atoms with Crippen LogP contribution >= 0.6 is 11.6 Å². The van der Waals surface area contributed by atoms with Gasteiger partial charge in [-0.2, -0.15) is 5.10 Å². The molecule has 0 bridgehead atoms. The fourth-order valence-electron chi connectivity index (χ4n) is 2.08. The lowest BCUT2D eigenvalue weighted by atomic mass is 10.2. The van der Waals surface area contributed by atoms with E-state index in [0.717, 1.165) is 11.1 Å². The highest BCUT2D eigenvalue weighted by atomic mass is 35.5. The smallest absolute Gasteiger partial charge is 0.246 e. The van der Waals surface area contributed by atoms with Gasteiger partial charge in [-0.15, -0.1) is 0 Å². The Bertz CT molecular complexity index is 786. The summed E-state index contributed by atoms with van der Waals surface area (Å²) in [4.78, 5) is 12.3. The highest BCUT2D eigenvalue weighted by molar-refractivity contribution is 6.31. The molecule has 0 amide bonds. The van der Waals surface area contributed by atoms with Gasteiger partial charge in [0.2, 0.25) is 5.78 Å². The fraction of sp³-hybridized carbons (Fsp3) is 0.143. The van der Waals surface area contributed by atoms with Gasteiger partial charge in [0, 0.05) is 17.5 Å². The van der Waals surface area contributed by atoms with Crippen LogP contribution in [0.5, 0.6) is 0 Å². The lowest BCUT2D eigenvalue weighted by molar-refractivity contribution is 0.100. The molecular weight excluding hydrogens is 264 g/mol. The quantitative estimate of drug-likeness (QED) is 0.673. The third-order valence-electron chi connectivity index (χ3n) is 2.94. The first-order chi connectivity index (χ1) is 9.04. The van der Waals surface area contributed by atoms with Gasteiger partial charge >= 0.3 is 0 Å². The summed E-state index contributed by atoms with van der Waals surface area (Å²) in [7, 11) is 1.74. The normalized spacial score (nSPS) is 11.1. The van der Waals surface area contributed by atoms with Crippen molar-refractivity contribution in [3.8, 4) is 0 Å². The topological polar surface area (TPSA) is 48.0 Å². The summed E-state index contributed by atoms with van der Waals surface area (Å²) < 4.78 is 7.11. The number of fused-ring (bicyclic) bond motifs is 1. The minimum atomic E-state index is -0.185. The van der Waals surface area contributed by atoms with Crippen LogP contribution in [0.3, 0.4) is 0 Å². The Balaban J connectivity index is 2.09. The van der Waals surface area contributed by atoms with Crippen molar-refractivity contribution < 1.29 is 9.21 Å². The molecule has 4 nitrogen and oxygen atoms in total. The molecule has 0 N–H and O–H groups in total. The van der Waals surface area contributed by atoms with Crippen molar-refractivity contribution in [3.63, 3.8) is 0 Å². The van der Waals surface area contributed by atoms with Gasteiger partial charge in [-0.25, -0.2) is 0 Å². The molecule has 19 heavy (non-hydrogen) atoms. The van der Waals surface area contributed by atoms with Crippen LogP contribution in [-0.2, 0) is 7.05 Å². The maximum absolute atomic E-state index is 12.3. The summed E-state index contributed by atoms with van der Waals surface area (Å²) in [6, 6.07) is 8.69. The second-order valence-corrected chi connectivity index (χ2v) is 4.85. The molecule has 0 atom stereocenters. The van der Waals surface area contributed by atoms with Gasteiger partial charge in [0.15, 0.2) is 5.76 Å². The number of halogens is 1. The Labute approximate surface area is 114 Å². The van der Waals surface area contributed by atoms with Crippen molar-refractivity contribution in [1.82, 2.24) is 9.78 Å². The van der Waals surface area contributed by atoms with Gasteiger partial charge in [-0.05, 0) is 37.3 Å². The minimum absolute atomic E-state index is 0.185. The molecule has 0 aliphatic carbocycles. The average Bonchev–Trinajstić information content (AvgIpc) is 2.91. The zero-order chi connectivity index (χ0) is 13.6. The SMILES string of the molecule is Cc1cc(C(=O)c2cc3cc(Cl)ccc3o2)n(C)n1. The van der Waals surface area contributed by atoms with Crippen molar-refractivity contribution in [1.29, 1.82) is 0 Å². The Morgan fingerprint density at radius 3 is 2.79 bits per heavy atom. The first-order valence-corrected chi connectivity index (χ1v) is 6.17. The van der Waals surface area contributed by atoms with E-state index in [9.17, 15) is 4.79 Å². The molecule has 0 saturated carbocycles. The average molecular weight is 275 g/mol. The van der Waals surface area contributed by atoms with Crippen LogP contribution in [0, 0.1) is 6.92 Å². The lowest BCUT2D eigenvalue weighted by Gasteiger charge is -1.96. The van der Waals surface area contributed by atoms with E-state index in [1.165, 1.54) is 0 Å². The predicted molar refractivity (Wildman–Crippen MR) is 72.6 cm³/mol. The standard InChI is InChI=1S/C14H11ClN2O2/c1-8-5-11(17(2)16-8)14(18)13-7-9-6-10(15)3-4-12(9)19-13/h3-7H,1-2H3. The highest BCUT2D eigenvalue weighted by Crippen LogP contribution is 2.24. The van der Waals surface area contributed by atoms with E-state index >= 15 is 0 Å². The molecule has 0 aliphatic heterocycles. The summed E-state index contributed by atoms with van der Waals surface area (Å²) in [5.41, 5.74) is 1.94. The maximum Gasteiger partial charge on any atom is 0.246 e. The first kappa shape index (κ1) is 12.0. The molecule has 0 saturated heterocycles. The molecule has 5 heteroatoms. The van der Waals surface area contributed by atoms with Crippen LogP contribution in [-0.4, -0.2) is 15.6 Å². The van der Waals surface area contributed by atoms with E-state index in [2.05, 4.69) is 5.10 Å². The van der Waals surface area contributed by atoms with Gasteiger partial charge in [-0.3, -0.25) is 9.48 Å². The number of carbonyl (C=O) groups is 1. The summed E-state index contributed by atoms with van der Waals surface area (Å²) in [5.74, 6) is 0.107. The molecule has 2 heterocycles. The van der Waals surface area contributed by atoms with Crippen LogP contribution in [0.4, 0.5) is 0 Å². The van der Waals surface area contributed by atoms with Crippen LogP contribution < -0.4 is 0 Å². The number of aryl methyl sites for hydroxylation is 2. The molecule has 2 aromatic heterocycles. The van der Waals surface area contributed by atoms with Crippen LogP contribution in [0.25, 0.3) is 11.0 Å². The van der Waals surface area contributed by atoms with Gasteiger partial charge in [0.25, 0.3) is 0 Å². The van der Waals surface area contributed by atoms with Crippen molar-refractivity contribution >= 4 is 28.4 Å². The van der Waals surface area contributed by atoms with E-state index in [0.29, 0.717) is 22.1 Å². The first-order valence-electron chi connectivity index (χ1n) is 5.79. The predicted octanol–water partition coefficient (Wildman–Crippen LogP) is 3.36. The summed E-state index contributed by atoms with van der Waals surface area (Å²) in [5, 5.41) is 5.59. The number of aromatic nitrogens is 2. The molecule has 0 unspecified atom stereocenters. The number of hydrogen-bond donors (Lipinski definition) is 0. The lowest BCUT2D eigenvalue weighted by Crippen LogP contribution is -2.07. The Hall–Kier alpha value is -2.07. The monoisotopic (exact) mass is 274 g/mol. The summed E-state index contributed by atoms with van der Waals surface area (Å²) >= 11 is 5.91. The Morgan fingerprint density at radius 1 is 1.32 bits per heavy atom. The molecule has 0 spiro atoms. The van der Waals surface area contributed by atoms with E-state index < -0.39 is 0 Å². The van der Waals surface area contributed by atoms with Crippen LogP contribution in [0.2, 0.25) is 5.02 Å². The number of carbonyl (C=O) groups excluding carboxylic acids is 1. The third-order valence-corrected chi connectivity index (χ3v) is 3.17. The molecule has 0 aliphatic rings. The molecule has 0 fully saturated rings. The number of rotatable bonds is 2. The van der Waals surface area contributed by atoms with Gasteiger partial charge in [-0.1, -0.05) is 11.6 Å². The van der Waals surface area contributed by atoms with Gasteiger partial charge < -0.3 is 4.42 Å². The Kier molecular flexibility index (Phi) is 2.68. The van der Waals surface area contributed by atoms with Gasteiger partial charge in [0.05, 0.1) is 5.69 Å². The van der Waals surface area contributed by atoms with Crippen molar-refractivity contribution in [2.24, 2.45) is 7.05 Å². The third kappa shape index (κ3) is 2.04. The molecule has 96 valence electrons. The second kappa shape index (κ2) is 4.24. The van der Waals surface area contributed by atoms with Crippen molar-refractivity contribution in [2.75, 3.05) is 0 Å². The van der Waals surface area contributed by atoms with Crippen LogP contribution in [0.1, 0.15) is 21.9 Å². The highest BCUT2D eigenvalue weighted by Gasteiger charge is 2.18. The van der Waals surface area contributed by atoms with E-state index in [-0.39, 0.29) is 5.78 Å². The number of hydrogen-bond acceptors (Lipinski definition) is 3. The second-order valence-electron chi connectivity index (χ2n) is 4.42. The molecule has 3 rings (SSSR count). The van der Waals surface area contributed by atoms with Crippen molar-refractivity contribution in [3.05, 3.63) is 52.5 Å². The molecule has 0 radical (unpaired) electrons. The maximum atomic E-state index is 12.3. The van der Waals surface area contributed by atoms with Crippen LogP contribution in [0.15, 0.2) is 34.7 Å². The zero-order valence-corrected chi connectivity index (χ0v) is 11.2. The largest absolute Gasteiger partial charge is 0.453 e. The number of ketones is 1. The number of nitrogens with zero attached hydrogens (tertiary/aromatic N) is 2.